The van der Waals surface area contributed by atoms with Crippen LogP contribution in [0.25, 0.3) is 0 Å². The maximum Gasteiger partial charge on any atom is 0.153 e. The molecule has 0 aliphatic carbocycles. The topological polar surface area (TPSA) is 49.8 Å². The number of nitrogens with zero attached hydrogens (tertiary/aromatic N) is 2. The molecule has 3 rings (SSSR count). The van der Waals surface area contributed by atoms with Crippen LogP contribution in [0.4, 0.5) is 17.3 Å². The number of hydrogen-bond acceptors (Lipinski definition) is 4. The van der Waals surface area contributed by atoms with Gasteiger partial charge in [0.15, 0.2) is 5.82 Å². The minimum atomic E-state index is 0.674. The fourth-order valence-electron chi connectivity index (χ4n) is 2.00. The lowest BCUT2D eigenvalue weighted by Gasteiger charge is -2.07. The number of hydrogen-bond donors (Lipinski definition) is 2. The van der Waals surface area contributed by atoms with Gasteiger partial charge in [-0.3, -0.25) is 0 Å². The van der Waals surface area contributed by atoms with Gasteiger partial charge in [-0.2, -0.15) is 0 Å². The maximum absolute atomic E-state index is 5.95. The first-order valence-electron chi connectivity index (χ1n) is 6.94. The highest BCUT2D eigenvalue weighted by molar-refractivity contribution is 6.30. The van der Waals surface area contributed by atoms with Crippen molar-refractivity contribution in [1.29, 1.82) is 0 Å². The zero-order valence-electron chi connectivity index (χ0n) is 11.8. The number of nitrogens with one attached hydrogen (secondary N) is 2. The van der Waals surface area contributed by atoms with E-state index in [9.17, 15) is 0 Å². The Labute approximate surface area is 134 Å². The van der Waals surface area contributed by atoms with Gasteiger partial charge in [0.25, 0.3) is 0 Å². The first-order chi connectivity index (χ1) is 10.8. The van der Waals surface area contributed by atoms with E-state index in [-0.39, 0.29) is 0 Å². The summed E-state index contributed by atoms with van der Waals surface area (Å²) < 4.78 is 0. The Hall–Kier alpha value is -2.59. The Balaban J connectivity index is 1.60. The summed E-state index contributed by atoms with van der Waals surface area (Å²) >= 11 is 5.95. The quantitative estimate of drug-likeness (QED) is 0.729. The van der Waals surface area contributed by atoms with Crippen LogP contribution in [0.2, 0.25) is 5.02 Å². The highest BCUT2D eigenvalue weighted by atomic mass is 35.5. The van der Waals surface area contributed by atoms with Crippen molar-refractivity contribution in [3.05, 3.63) is 77.3 Å². The molecule has 5 heteroatoms. The molecule has 110 valence electrons. The van der Waals surface area contributed by atoms with Crippen LogP contribution in [0.15, 0.2) is 66.7 Å². The van der Waals surface area contributed by atoms with Crippen LogP contribution >= 0.6 is 11.6 Å². The third-order valence-electron chi connectivity index (χ3n) is 3.08. The summed E-state index contributed by atoms with van der Waals surface area (Å²) in [5.74, 6) is 1.41. The first kappa shape index (κ1) is 14.4. The molecule has 0 radical (unpaired) electrons. The van der Waals surface area contributed by atoms with E-state index in [1.165, 1.54) is 5.56 Å². The molecule has 1 heterocycles. The van der Waals surface area contributed by atoms with Gasteiger partial charge in [0, 0.05) is 17.3 Å². The summed E-state index contributed by atoms with van der Waals surface area (Å²) in [6.45, 7) is 0.719. The normalized spacial score (nSPS) is 10.2. The van der Waals surface area contributed by atoms with Crippen molar-refractivity contribution in [1.82, 2.24) is 10.2 Å². The van der Waals surface area contributed by atoms with E-state index >= 15 is 0 Å². The van der Waals surface area contributed by atoms with E-state index in [0.29, 0.717) is 10.8 Å². The Bertz CT molecular complexity index is 729. The Kier molecular flexibility index (Phi) is 4.51. The monoisotopic (exact) mass is 310 g/mol. The molecular weight excluding hydrogens is 296 g/mol. The molecule has 2 N–H and O–H groups in total. The fourth-order valence-corrected chi connectivity index (χ4v) is 2.19. The minimum Gasteiger partial charge on any atom is -0.365 e. The lowest BCUT2D eigenvalue weighted by atomic mass is 10.2. The van der Waals surface area contributed by atoms with E-state index < -0.39 is 0 Å². The van der Waals surface area contributed by atoms with Crippen molar-refractivity contribution in [2.45, 2.75) is 6.54 Å². The average Bonchev–Trinajstić information content (AvgIpc) is 2.55. The minimum absolute atomic E-state index is 0.674. The van der Waals surface area contributed by atoms with Crippen molar-refractivity contribution < 1.29 is 0 Å². The third-order valence-corrected chi connectivity index (χ3v) is 3.31. The highest BCUT2D eigenvalue weighted by Crippen LogP contribution is 2.19. The largest absolute Gasteiger partial charge is 0.365 e. The van der Waals surface area contributed by atoms with Crippen LogP contribution in [0, 0.1) is 0 Å². The van der Waals surface area contributed by atoms with Gasteiger partial charge in [0.05, 0.1) is 0 Å². The van der Waals surface area contributed by atoms with Crippen LogP contribution in [0.3, 0.4) is 0 Å². The van der Waals surface area contributed by atoms with Gasteiger partial charge >= 0.3 is 0 Å². The molecule has 0 unspecified atom stereocenters. The predicted octanol–water partition coefficient (Wildman–Crippen LogP) is 4.49. The number of anilines is 3. The summed E-state index contributed by atoms with van der Waals surface area (Å²) in [4.78, 5) is 0. The molecule has 1 aromatic heterocycles. The van der Waals surface area contributed by atoms with Gasteiger partial charge in [-0.1, -0.05) is 48.0 Å². The van der Waals surface area contributed by atoms with E-state index in [0.717, 1.165) is 18.1 Å². The number of halogens is 1. The van der Waals surface area contributed by atoms with E-state index in [1.54, 1.807) is 0 Å². The molecule has 3 aromatic rings. The molecule has 4 nitrogen and oxygen atoms in total. The van der Waals surface area contributed by atoms with E-state index in [4.69, 9.17) is 11.6 Å². The maximum atomic E-state index is 5.95. The van der Waals surface area contributed by atoms with Gasteiger partial charge in [-0.15, -0.1) is 10.2 Å². The van der Waals surface area contributed by atoms with Crippen molar-refractivity contribution in [2.75, 3.05) is 10.6 Å². The molecule has 0 fully saturated rings. The molecule has 0 saturated carbocycles. The summed E-state index contributed by atoms with van der Waals surface area (Å²) in [5, 5.41) is 15.4. The molecule has 0 aliphatic heterocycles. The van der Waals surface area contributed by atoms with Gasteiger partial charge in [-0.05, 0) is 35.9 Å². The molecule has 0 spiro atoms. The van der Waals surface area contributed by atoms with Gasteiger partial charge in [-0.25, -0.2) is 0 Å². The average molecular weight is 311 g/mol. The molecular formula is C17H15ClN4. The Morgan fingerprint density at radius 1 is 0.818 bits per heavy atom. The zero-order valence-corrected chi connectivity index (χ0v) is 12.6. The third kappa shape index (κ3) is 3.96. The van der Waals surface area contributed by atoms with Crippen LogP contribution in [-0.2, 0) is 6.54 Å². The molecule has 0 bridgehead atoms. The van der Waals surface area contributed by atoms with Crippen LogP contribution in [0.5, 0.6) is 0 Å². The van der Waals surface area contributed by atoms with Gasteiger partial charge < -0.3 is 10.6 Å². The van der Waals surface area contributed by atoms with Crippen molar-refractivity contribution >= 4 is 28.9 Å². The second kappa shape index (κ2) is 6.91. The van der Waals surface area contributed by atoms with Crippen LogP contribution in [-0.4, -0.2) is 10.2 Å². The molecule has 2 aromatic carbocycles. The van der Waals surface area contributed by atoms with Crippen molar-refractivity contribution in [3.63, 3.8) is 0 Å². The van der Waals surface area contributed by atoms with E-state index in [2.05, 4.69) is 33.0 Å². The van der Waals surface area contributed by atoms with Crippen LogP contribution in [0.1, 0.15) is 5.56 Å². The molecule has 0 amide bonds. The SMILES string of the molecule is Clc1cccc(Nc2ccc(NCc3ccccc3)nn2)c1. The summed E-state index contributed by atoms with van der Waals surface area (Å²) in [5.41, 5.74) is 2.08. The number of benzene rings is 2. The zero-order chi connectivity index (χ0) is 15.2. The molecule has 0 saturated heterocycles. The Morgan fingerprint density at radius 2 is 1.59 bits per heavy atom. The first-order valence-corrected chi connectivity index (χ1v) is 7.31. The number of aromatic nitrogens is 2. The van der Waals surface area contributed by atoms with Gasteiger partial charge in [0.2, 0.25) is 0 Å². The summed E-state index contributed by atoms with van der Waals surface area (Å²) in [7, 11) is 0. The predicted molar refractivity (Wildman–Crippen MR) is 90.5 cm³/mol. The van der Waals surface area contributed by atoms with E-state index in [1.807, 2.05) is 54.6 Å². The van der Waals surface area contributed by atoms with Crippen molar-refractivity contribution in [3.8, 4) is 0 Å². The van der Waals surface area contributed by atoms with Crippen molar-refractivity contribution in [2.24, 2.45) is 0 Å². The second-order valence-corrected chi connectivity index (χ2v) is 5.21. The lowest BCUT2D eigenvalue weighted by molar-refractivity contribution is 1.00. The summed E-state index contributed by atoms with van der Waals surface area (Å²) in [6.07, 6.45) is 0. The summed E-state index contributed by atoms with van der Waals surface area (Å²) in [6, 6.07) is 21.4. The molecule has 0 atom stereocenters. The lowest BCUT2D eigenvalue weighted by Crippen LogP contribution is -2.03. The smallest absolute Gasteiger partial charge is 0.153 e. The Morgan fingerprint density at radius 3 is 2.32 bits per heavy atom. The second-order valence-electron chi connectivity index (χ2n) is 4.78. The highest BCUT2D eigenvalue weighted by Gasteiger charge is 2.00. The molecule has 22 heavy (non-hydrogen) atoms. The fraction of sp³-hybridized carbons (Fsp3) is 0.0588. The van der Waals surface area contributed by atoms with Crippen LogP contribution < -0.4 is 10.6 Å². The molecule has 0 aliphatic rings. The number of rotatable bonds is 5. The van der Waals surface area contributed by atoms with Gasteiger partial charge in [0.1, 0.15) is 5.82 Å². The standard InChI is InChI=1S/C17H15ClN4/c18-14-7-4-8-15(11-14)20-17-10-9-16(21-22-17)19-12-13-5-2-1-3-6-13/h1-11H,12H2,(H,19,21)(H,20,22).